The first-order valence-corrected chi connectivity index (χ1v) is 9.19. The van der Waals surface area contributed by atoms with Gasteiger partial charge in [0, 0.05) is 33.9 Å². The fourth-order valence-electron chi connectivity index (χ4n) is 3.44. The number of hydrogen-bond donors (Lipinski definition) is 1. The molecule has 0 spiro atoms. The van der Waals surface area contributed by atoms with Gasteiger partial charge in [0.1, 0.15) is 0 Å². The first kappa shape index (κ1) is 19.2. The Morgan fingerprint density at radius 1 is 1.00 bits per heavy atom. The zero-order valence-corrected chi connectivity index (χ0v) is 16.1. The van der Waals surface area contributed by atoms with Gasteiger partial charge in [0.25, 0.3) is 12.3 Å². The minimum atomic E-state index is -3.21. The number of H-pyrrole nitrogens is 1. The van der Waals surface area contributed by atoms with Crippen molar-refractivity contribution in [3.63, 3.8) is 0 Å². The van der Waals surface area contributed by atoms with Crippen molar-refractivity contribution in [2.75, 3.05) is 0 Å². The molecule has 3 aromatic heterocycles. The van der Waals surface area contributed by atoms with Crippen LogP contribution in [-0.2, 0) is 0 Å². The second-order valence-corrected chi connectivity index (χ2v) is 7.20. The average Bonchev–Trinajstić information content (AvgIpc) is 3.31. The second kappa shape index (κ2) is 7.35. The first-order chi connectivity index (χ1) is 13.8. The predicted octanol–water partition coefficient (Wildman–Crippen LogP) is 5.99. The molecule has 4 aromatic rings. The van der Waals surface area contributed by atoms with Crippen LogP contribution in [0.5, 0.6) is 0 Å². The molecule has 1 atom stereocenters. The van der Waals surface area contributed by atoms with E-state index < -0.39 is 18.5 Å². The van der Waals surface area contributed by atoms with Crippen LogP contribution in [0.25, 0.3) is 33.6 Å². The summed E-state index contributed by atoms with van der Waals surface area (Å²) >= 11 is 0. The lowest BCUT2D eigenvalue weighted by Crippen LogP contribution is -2.03. The molecule has 8 heteroatoms. The van der Waals surface area contributed by atoms with Gasteiger partial charge in [-0.1, -0.05) is 13.8 Å². The molecule has 150 valence electrons. The summed E-state index contributed by atoms with van der Waals surface area (Å²) in [5.74, 6) is -0.515. The highest BCUT2D eigenvalue weighted by Gasteiger charge is 2.28. The molecule has 0 bridgehead atoms. The number of pyridine rings is 1. The topological polar surface area (TPSA) is 67.6 Å². The summed E-state index contributed by atoms with van der Waals surface area (Å²) in [5, 5.41) is 8.12. The van der Waals surface area contributed by atoms with E-state index in [9.17, 15) is 13.2 Å². The molecule has 0 aliphatic heterocycles. The molecule has 0 fully saturated rings. The number of fused-ring (bicyclic) bond motifs is 1. The Labute approximate surface area is 165 Å². The van der Waals surface area contributed by atoms with Crippen LogP contribution >= 0.6 is 0 Å². The summed E-state index contributed by atoms with van der Waals surface area (Å²) in [5.41, 5.74) is 5.48. The van der Waals surface area contributed by atoms with E-state index in [0.29, 0.717) is 5.56 Å². The van der Waals surface area contributed by atoms with Crippen molar-refractivity contribution < 1.29 is 17.6 Å². The molecule has 0 radical (unpaired) electrons. The van der Waals surface area contributed by atoms with E-state index in [1.807, 2.05) is 31.2 Å². The maximum Gasteiger partial charge on any atom is 0.278 e. The lowest BCUT2D eigenvalue weighted by atomic mass is 9.95. The number of aryl methyl sites for hydroxylation is 1. The van der Waals surface area contributed by atoms with Crippen molar-refractivity contribution in [3.05, 3.63) is 53.7 Å². The Morgan fingerprint density at radius 2 is 1.79 bits per heavy atom. The number of alkyl halides is 3. The number of hydrogen-bond acceptors (Lipinski definition) is 4. The average molecular weight is 400 g/mol. The predicted molar refractivity (Wildman–Crippen MR) is 104 cm³/mol. The van der Waals surface area contributed by atoms with Gasteiger partial charge in [-0.05, 0) is 48.7 Å². The van der Waals surface area contributed by atoms with Crippen LogP contribution in [0.15, 0.2) is 40.9 Å². The molecular weight excluding hydrogens is 381 g/mol. The van der Waals surface area contributed by atoms with Crippen molar-refractivity contribution in [2.24, 2.45) is 0 Å². The zero-order chi connectivity index (χ0) is 20.7. The van der Waals surface area contributed by atoms with Crippen molar-refractivity contribution in [3.8, 4) is 22.7 Å². The van der Waals surface area contributed by atoms with Gasteiger partial charge in [-0.25, -0.2) is 13.2 Å². The van der Waals surface area contributed by atoms with Crippen LogP contribution in [0.4, 0.5) is 13.2 Å². The summed E-state index contributed by atoms with van der Waals surface area (Å²) in [6.07, 6.45) is -4.04. The Hall–Kier alpha value is -3.16. The third kappa shape index (κ3) is 3.50. The summed E-state index contributed by atoms with van der Waals surface area (Å²) < 4.78 is 43.7. The van der Waals surface area contributed by atoms with Crippen LogP contribution in [0.3, 0.4) is 0 Å². The molecule has 0 aliphatic carbocycles. The summed E-state index contributed by atoms with van der Waals surface area (Å²) in [6.45, 7) is 6.12. The summed E-state index contributed by atoms with van der Waals surface area (Å²) in [4.78, 5) is 7.70. The largest absolute Gasteiger partial charge is 0.417 e. The van der Waals surface area contributed by atoms with Gasteiger partial charge in [0.05, 0.1) is 5.69 Å². The summed E-state index contributed by atoms with van der Waals surface area (Å²) in [6, 6.07) is 9.40. The van der Waals surface area contributed by atoms with Crippen LogP contribution < -0.4 is 0 Å². The van der Waals surface area contributed by atoms with E-state index in [-0.39, 0.29) is 11.8 Å². The van der Waals surface area contributed by atoms with Crippen molar-refractivity contribution in [1.82, 2.24) is 20.2 Å². The van der Waals surface area contributed by atoms with E-state index >= 15 is 0 Å². The third-order valence-electron chi connectivity index (χ3n) is 4.75. The van der Waals surface area contributed by atoms with Gasteiger partial charge >= 0.3 is 0 Å². The minimum absolute atomic E-state index is 0.00223. The standard InChI is InChI=1S/C21H19F3N4O/c1-10(2)16-14-9-13(20-27-28-21(29-20)17(22)19(23)24)4-5-15(14)26-18(16)12-6-7-25-11(3)8-12/h4-10,17,19,26H,1-3H3. The fourth-order valence-corrected chi connectivity index (χ4v) is 3.44. The Morgan fingerprint density at radius 3 is 2.48 bits per heavy atom. The van der Waals surface area contributed by atoms with Gasteiger partial charge in [-0.2, -0.15) is 0 Å². The zero-order valence-electron chi connectivity index (χ0n) is 16.1. The minimum Gasteiger partial charge on any atom is -0.417 e. The number of aromatic nitrogens is 4. The number of nitrogens with one attached hydrogen (secondary N) is 1. The normalized spacial score (nSPS) is 13.0. The molecule has 4 rings (SSSR count). The van der Waals surface area contributed by atoms with Crippen LogP contribution in [-0.4, -0.2) is 26.6 Å². The van der Waals surface area contributed by atoms with Crippen LogP contribution in [0.2, 0.25) is 0 Å². The molecular formula is C21H19F3N4O. The SMILES string of the molecule is Cc1cc(-c2[nH]c3ccc(-c4nnc(C(F)C(F)F)o4)cc3c2C(C)C)ccn1. The molecule has 1 unspecified atom stereocenters. The van der Waals surface area contributed by atoms with Gasteiger partial charge in [0.15, 0.2) is 0 Å². The molecule has 0 amide bonds. The van der Waals surface area contributed by atoms with Crippen LogP contribution in [0.1, 0.15) is 43.1 Å². The van der Waals surface area contributed by atoms with E-state index in [4.69, 9.17) is 4.42 Å². The van der Waals surface area contributed by atoms with E-state index in [0.717, 1.165) is 33.4 Å². The molecule has 1 aromatic carbocycles. The van der Waals surface area contributed by atoms with Crippen LogP contribution in [0, 0.1) is 6.92 Å². The van der Waals surface area contributed by atoms with Crippen molar-refractivity contribution >= 4 is 10.9 Å². The highest BCUT2D eigenvalue weighted by Crippen LogP contribution is 2.37. The number of halogens is 3. The summed E-state index contributed by atoms with van der Waals surface area (Å²) in [7, 11) is 0. The number of aromatic amines is 1. The maximum absolute atomic E-state index is 13.5. The monoisotopic (exact) mass is 400 g/mol. The lowest BCUT2D eigenvalue weighted by molar-refractivity contribution is 0.0349. The highest BCUT2D eigenvalue weighted by atomic mass is 19.3. The first-order valence-electron chi connectivity index (χ1n) is 9.19. The Kier molecular flexibility index (Phi) is 4.86. The molecule has 0 saturated heterocycles. The Balaban J connectivity index is 1.83. The molecule has 1 N–H and O–H groups in total. The van der Waals surface area contributed by atoms with E-state index in [2.05, 4.69) is 34.0 Å². The fraction of sp³-hybridized carbons (Fsp3) is 0.286. The highest BCUT2D eigenvalue weighted by molar-refractivity contribution is 5.93. The quantitative estimate of drug-likeness (QED) is 0.447. The van der Waals surface area contributed by atoms with Gasteiger partial charge in [0.2, 0.25) is 12.1 Å². The van der Waals surface area contributed by atoms with Crippen molar-refractivity contribution in [1.29, 1.82) is 0 Å². The molecule has 0 saturated carbocycles. The van der Waals surface area contributed by atoms with Crippen molar-refractivity contribution in [2.45, 2.75) is 39.3 Å². The molecule has 0 aliphatic rings. The molecule has 3 heterocycles. The number of nitrogens with zero attached hydrogens (tertiary/aromatic N) is 3. The van der Waals surface area contributed by atoms with E-state index in [1.54, 1.807) is 12.3 Å². The van der Waals surface area contributed by atoms with Gasteiger partial charge in [-0.3, -0.25) is 4.98 Å². The molecule has 29 heavy (non-hydrogen) atoms. The maximum atomic E-state index is 13.5. The lowest BCUT2D eigenvalue weighted by Gasteiger charge is -2.09. The number of rotatable bonds is 5. The third-order valence-corrected chi connectivity index (χ3v) is 4.75. The van der Waals surface area contributed by atoms with Gasteiger partial charge in [-0.15, -0.1) is 10.2 Å². The second-order valence-electron chi connectivity index (χ2n) is 7.20. The van der Waals surface area contributed by atoms with E-state index in [1.165, 1.54) is 0 Å². The molecule has 5 nitrogen and oxygen atoms in total. The number of benzene rings is 1. The van der Waals surface area contributed by atoms with Gasteiger partial charge < -0.3 is 9.40 Å². The Bertz CT molecular complexity index is 1170. The smallest absolute Gasteiger partial charge is 0.278 e.